The Kier molecular flexibility index (Phi) is 4.18. The molecule has 0 spiro atoms. The molecule has 2 aromatic carbocycles. The fourth-order valence-corrected chi connectivity index (χ4v) is 2.73. The monoisotopic (exact) mass is 356 g/mol. The second kappa shape index (κ2) is 5.65. The lowest BCUT2D eigenvalue weighted by Crippen LogP contribution is -2.10. The third-order valence-corrected chi connectivity index (χ3v) is 3.78. The molecule has 0 aliphatic rings. The summed E-state index contributed by atoms with van der Waals surface area (Å²) >= 11 is 7.97. The van der Waals surface area contributed by atoms with Gasteiger partial charge in [-0.3, -0.25) is 4.79 Å². The molecule has 0 bridgehead atoms. The molecule has 0 saturated carbocycles. The molecular weight excluding hydrogens is 347 g/mol. The first kappa shape index (κ1) is 12.6. The zero-order valence-electron chi connectivity index (χ0n) is 8.94. The highest BCUT2D eigenvalue weighted by molar-refractivity contribution is 14.1. The van der Waals surface area contributed by atoms with E-state index < -0.39 is 0 Å². The SMILES string of the molecule is O=C(Cl)C(c1ccccc1)c1ccccc1I. The number of rotatable bonds is 3. The second-order valence-corrected chi connectivity index (χ2v) is 5.20. The van der Waals surface area contributed by atoms with E-state index in [4.69, 9.17) is 11.6 Å². The minimum atomic E-state index is -0.383. The minimum absolute atomic E-state index is 0.347. The van der Waals surface area contributed by atoms with Crippen molar-refractivity contribution >= 4 is 39.4 Å². The Hall–Kier alpha value is -0.870. The molecule has 3 heteroatoms. The van der Waals surface area contributed by atoms with E-state index in [1.54, 1.807) is 0 Å². The van der Waals surface area contributed by atoms with Crippen LogP contribution in [-0.4, -0.2) is 5.24 Å². The van der Waals surface area contributed by atoms with Crippen LogP contribution in [0.4, 0.5) is 0 Å². The Morgan fingerprint density at radius 2 is 1.59 bits per heavy atom. The van der Waals surface area contributed by atoms with Gasteiger partial charge in [0, 0.05) is 3.57 Å². The van der Waals surface area contributed by atoms with Gasteiger partial charge in [-0.25, -0.2) is 0 Å². The Morgan fingerprint density at radius 3 is 2.18 bits per heavy atom. The summed E-state index contributed by atoms with van der Waals surface area (Å²) in [6.07, 6.45) is 0. The molecule has 1 nitrogen and oxygen atoms in total. The summed E-state index contributed by atoms with van der Waals surface area (Å²) in [5.74, 6) is -0.383. The van der Waals surface area contributed by atoms with E-state index in [2.05, 4.69) is 22.6 Å². The molecule has 17 heavy (non-hydrogen) atoms. The first-order valence-electron chi connectivity index (χ1n) is 5.19. The van der Waals surface area contributed by atoms with E-state index in [1.807, 2.05) is 54.6 Å². The molecule has 0 radical (unpaired) electrons. The van der Waals surface area contributed by atoms with E-state index in [9.17, 15) is 4.79 Å². The van der Waals surface area contributed by atoms with Crippen molar-refractivity contribution in [2.75, 3.05) is 0 Å². The van der Waals surface area contributed by atoms with Crippen molar-refractivity contribution in [3.63, 3.8) is 0 Å². The molecule has 0 fully saturated rings. The van der Waals surface area contributed by atoms with Gasteiger partial charge in [0.05, 0.1) is 5.92 Å². The molecule has 0 amide bonds. The maximum absolute atomic E-state index is 11.7. The maximum Gasteiger partial charge on any atom is 0.233 e. The topological polar surface area (TPSA) is 17.1 Å². The number of carbonyl (C=O) groups is 1. The van der Waals surface area contributed by atoms with Gasteiger partial charge < -0.3 is 0 Å². The van der Waals surface area contributed by atoms with Gasteiger partial charge in [-0.15, -0.1) is 0 Å². The van der Waals surface area contributed by atoms with Crippen LogP contribution in [0.3, 0.4) is 0 Å². The van der Waals surface area contributed by atoms with E-state index in [1.165, 1.54) is 0 Å². The van der Waals surface area contributed by atoms with E-state index in [0.717, 1.165) is 14.7 Å². The number of carbonyl (C=O) groups excluding carboxylic acids is 1. The lowest BCUT2D eigenvalue weighted by atomic mass is 9.92. The third kappa shape index (κ3) is 2.87. The average Bonchev–Trinajstić information content (AvgIpc) is 2.33. The third-order valence-electron chi connectivity index (χ3n) is 2.58. The molecule has 0 aliphatic carbocycles. The van der Waals surface area contributed by atoms with Crippen molar-refractivity contribution in [3.05, 3.63) is 69.3 Å². The summed E-state index contributed by atoms with van der Waals surface area (Å²) in [5, 5.41) is -0.347. The van der Waals surface area contributed by atoms with Crippen LogP contribution in [0.2, 0.25) is 0 Å². The molecule has 86 valence electrons. The number of hydrogen-bond donors (Lipinski definition) is 0. The molecule has 2 aromatic rings. The van der Waals surface area contributed by atoms with Crippen LogP contribution in [0.15, 0.2) is 54.6 Å². The second-order valence-electron chi connectivity index (χ2n) is 3.67. The van der Waals surface area contributed by atoms with Crippen LogP contribution in [-0.2, 0) is 4.79 Å². The first-order chi connectivity index (χ1) is 8.20. The summed E-state index contributed by atoms with van der Waals surface area (Å²) in [5.41, 5.74) is 1.89. The Labute approximate surface area is 119 Å². The van der Waals surface area contributed by atoms with Gasteiger partial charge in [-0.2, -0.15) is 0 Å². The van der Waals surface area contributed by atoms with Gasteiger partial charge >= 0.3 is 0 Å². The van der Waals surface area contributed by atoms with Crippen LogP contribution in [0.5, 0.6) is 0 Å². The van der Waals surface area contributed by atoms with Gasteiger partial charge in [-0.05, 0) is 51.4 Å². The summed E-state index contributed by atoms with van der Waals surface area (Å²) in [6, 6.07) is 17.4. The van der Waals surface area contributed by atoms with Gasteiger partial charge in [0.2, 0.25) is 5.24 Å². The van der Waals surface area contributed by atoms with Crippen molar-refractivity contribution in [2.45, 2.75) is 5.92 Å². The zero-order valence-corrected chi connectivity index (χ0v) is 11.9. The lowest BCUT2D eigenvalue weighted by Gasteiger charge is -2.15. The highest BCUT2D eigenvalue weighted by Crippen LogP contribution is 2.30. The van der Waals surface area contributed by atoms with E-state index in [-0.39, 0.29) is 11.2 Å². The summed E-state index contributed by atoms with van der Waals surface area (Å²) in [6.45, 7) is 0. The molecule has 0 heterocycles. The predicted octanol–water partition coefficient (Wildman–Crippen LogP) is 4.19. The first-order valence-corrected chi connectivity index (χ1v) is 6.64. The van der Waals surface area contributed by atoms with Crippen molar-refractivity contribution in [3.8, 4) is 0 Å². The van der Waals surface area contributed by atoms with E-state index in [0.29, 0.717) is 0 Å². The molecule has 0 N–H and O–H groups in total. The molecular formula is C14H10ClIO. The smallest absolute Gasteiger partial charge is 0.233 e. The predicted molar refractivity (Wildman–Crippen MR) is 78.3 cm³/mol. The minimum Gasteiger partial charge on any atom is -0.280 e. The van der Waals surface area contributed by atoms with Crippen LogP contribution < -0.4 is 0 Å². The molecule has 1 atom stereocenters. The van der Waals surface area contributed by atoms with Crippen molar-refractivity contribution in [1.82, 2.24) is 0 Å². The zero-order chi connectivity index (χ0) is 12.3. The lowest BCUT2D eigenvalue weighted by molar-refractivity contribution is -0.112. The van der Waals surface area contributed by atoms with Crippen LogP contribution in [0.25, 0.3) is 0 Å². The molecule has 0 saturated heterocycles. The van der Waals surface area contributed by atoms with Crippen molar-refractivity contribution < 1.29 is 4.79 Å². The largest absolute Gasteiger partial charge is 0.280 e. The highest BCUT2D eigenvalue weighted by atomic mass is 127. The molecule has 2 rings (SSSR count). The molecule has 1 unspecified atom stereocenters. The Balaban J connectivity index is 2.51. The van der Waals surface area contributed by atoms with Crippen LogP contribution in [0, 0.1) is 3.57 Å². The molecule has 0 aliphatic heterocycles. The number of halogens is 2. The van der Waals surface area contributed by atoms with Gasteiger partial charge in [0.15, 0.2) is 0 Å². The fraction of sp³-hybridized carbons (Fsp3) is 0.0714. The van der Waals surface area contributed by atoms with Crippen molar-refractivity contribution in [1.29, 1.82) is 0 Å². The fourth-order valence-electron chi connectivity index (χ4n) is 1.79. The summed E-state index contributed by atoms with van der Waals surface area (Å²) < 4.78 is 1.05. The average molecular weight is 357 g/mol. The summed E-state index contributed by atoms with van der Waals surface area (Å²) in [7, 11) is 0. The number of benzene rings is 2. The highest BCUT2D eigenvalue weighted by Gasteiger charge is 2.22. The standard InChI is InChI=1S/C14H10ClIO/c15-14(17)13(10-6-2-1-3-7-10)11-8-4-5-9-12(11)16/h1-9,13H. The Morgan fingerprint density at radius 1 is 1.00 bits per heavy atom. The van der Waals surface area contributed by atoms with Gasteiger partial charge in [0.1, 0.15) is 0 Å². The normalized spacial score (nSPS) is 12.1. The maximum atomic E-state index is 11.7. The van der Waals surface area contributed by atoms with Crippen LogP contribution >= 0.6 is 34.2 Å². The molecule has 0 aromatic heterocycles. The van der Waals surface area contributed by atoms with Gasteiger partial charge in [-0.1, -0.05) is 48.5 Å². The van der Waals surface area contributed by atoms with E-state index >= 15 is 0 Å². The van der Waals surface area contributed by atoms with Crippen LogP contribution in [0.1, 0.15) is 17.0 Å². The number of hydrogen-bond acceptors (Lipinski definition) is 1. The Bertz CT molecular complexity index is 525. The summed E-state index contributed by atoms with van der Waals surface area (Å²) in [4.78, 5) is 11.7. The van der Waals surface area contributed by atoms with Gasteiger partial charge in [0.25, 0.3) is 0 Å². The van der Waals surface area contributed by atoms with Crippen molar-refractivity contribution in [2.24, 2.45) is 0 Å². The quantitative estimate of drug-likeness (QED) is 0.595.